The fourth-order valence-corrected chi connectivity index (χ4v) is 6.21. The third kappa shape index (κ3) is 4.30. The molecule has 37 heavy (non-hydrogen) atoms. The average molecular weight is 584 g/mol. The van der Waals surface area contributed by atoms with E-state index in [0.29, 0.717) is 21.7 Å². The topological polar surface area (TPSA) is 87.1 Å². The van der Waals surface area contributed by atoms with E-state index in [0.717, 1.165) is 28.0 Å². The highest BCUT2D eigenvalue weighted by Gasteiger charge is 2.24. The lowest BCUT2D eigenvalue weighted by Gasteiger charge is -2.13. The van der Waals surface area contributed by atoms with Crippen LogP contribution in [0.5, 0.6) is 0 Å². The maximum atomic E-state index is 14.6. The van der Waals surface area contributed by atoms with Crippen molar-refractivity contribution in [3.05, 3.63) is 127 Å². The van der Waals surface area contributed by atoms with Crippen molar-refractivity contribution in [2.45, 2.75) is 11.9 Å². The third-order valence-corrected chi connectivity index (χ3v) is 7.80. The van der Waals surface area contributed by atoms with Crippen molar-refractivity contribution in [3.8, 4) is 16.1 Å². The highest BCUT2D eigenvalue weighted by molar-refractivity contribution is 9.08. The zero-order chi connectivity index (χ0) is 26.3. The Morgan fingerprint density at radius 3 is 2.14 bits per heavy atom. The molecule has 0 N–H and O–H groups in total. The molecule has 186 valence electrons. The van der Waals surface area contributed by atoms with Crippen LogP contribution < -0.4 is 11.2 Å². The molecule has 7 nitrogen and oxygen atoms in total. The fourth-order valence-electron chi connectivity index (χ4n) is 4.15. The molecule has 0 aliphatic rings. The minimum Gasteiger partial charge on any atom is -0.279 e. The van der Waals surface area contributed by atoms with Crippen LogP contribution >= 0.6 is 27.3 Å². The zero-order valence-electron chi connectivity index (χ0n) is 18.9. The highest BCUT2D eigenvalue weighted by atomic mass is 79.9. The molecule has 5 aromatic rings. The second-order valence-electron chi connectivity index (χ2n) is 8.07. The van der Waals surface area contributed by atoms with Gasteiger partial charge in [0.05, 0.1) is 22.5 Å². The van der Waals surface area contributed by atoms with Gasteiger partial charge in [-0.15, -0.1) is 11.3 Å². The SMILES string of the molecule is O=c1c2c(CBr)c(-c3ccc([N+](=O)[O-])cc3)sc2n(Cc2c(F)cccc2F)c(=O)n1-c1ccccc1. The van der Waals surface area contributed by atoms with Gasteiger partial charge in [0, 0.05) is 27.9 Å². The molecule has 0 unspecified atom stereocenters. The number of hydrogen-bond donors (Lipinski definition) is 0. The zero-order valence-corrected chi connectivity index (χ0v) is 21.3. The minimum atomic E-state index is -0.814. The molecular formula is C26H16BrF2N3O4S. The first kappa shape index (κ1) is 24.7. The van der Waals surface area contributed by atoms with E-state index >= 15 is 0 Å². The number of nitrogens with zero attached hydrogens (tertiary/aromatic N) is 3. The summed E-state index contributed by atoms with van der Waals surface area (Å²) in [6.07, 6.45) is 0. The number of thiophene rings is 1. The average Bonchev–Trinajstić information content (AvgIpc) is 3.28. The van der Waals surface area contributed by atoms with E-state index in [4.69, 9.17) is 0 Å². The van der Waals surface area contributed by atoms with Crippen molar-refractivity contribution < 1.29 is 13.7 Å². The molecule has 0 fully saturated rings. The molecule has 2 aromatic heterocycles. The molecule has 0 bridgehead atoms. The van der Waals surface area contributed by atoms with E-state index in [2.05, 4.69) is 15.9 Å². The Morgan fingerprint density at radius 2 is 1.54 bits per heavy atom. The Balaban J connectivity index is 1.86. The monoisotopic (exact) mass is 583 g/mol. The Labute approximate surface area is 220 Å². The van der Waals surface area contributed by atoms with E-state index < -0.39 is 34.4 Å². The standard InChI is InChI=1S/C26H16BrF2N3O4S/c27-13-18-22-24(33)31(16-5-2-1-3-6-16)26(34)30(14-19-20(28)7-4-8-21(19)29)25(22)37-23(18)15-9-11-17(12-10-15)32(35)36/h1-12H,13-14H2. The van der Waals surface area contributed by atoms with Crippen molar-refractivity contribution in [2.75, 3.05) is 0 Å². The molecule has 0 radical (unpaired) electrons. The Kier molecular flexibility index (Phi) is 6.57. The van der Waals surface area contributed by atoms with Gasteiger partial charge in [-0.1, -0.05) is 40.2 Å². The smallest absolute Gasteiger partial charge is 0.279 e. The van der Waals surface area contributed by atoms with Gasteiger partial charge in [-0.05, 0) is 47.5 Å². The molecule has 0 saturated carbocycles. The van der Waals surface area contributed by atoms with Crippen LogP contribution in [-0.4, -0.2) is 14.1 Å². The van der Waals surface area contributed by atoms with Gasteiger partial charge >= 0.3 is 5.69 Å². The summed E-state index contributed by atoms with van der Waals surface area (Å²) in [5.41, 5.74) is -0.252. The number of nitro groups is 1. The number of aromatic nitrogens is 2. The maximum absolute atomic E-state index is 14.6. The number of hydrogen-bond acceptors (Lipinski definition) is 5. The van der Waals surface area contributed by atoms with Gasteiger partial charge < -0.3 is 0 Å². The maximum Gasteiger partial charge on any atom is 0.337 e. The lowest BCUT2D eigenvalue weighted by Crippen LogP contribution is -2.39. The summed E-state index contributed by atoms with van der Waals surface area (Å²) in [6.45, 7) is -0.442. The van der Waals surface area contributed by atoms with Crippen molar-refractivity contribution in [1.29, 1.82) is 0 Å². The Morgan fingerprint density at radius 1 is 0.892 bits per heavy atom. The van der Waals surface area contributed by atoms with Gasteiger partial charge in [0.25, 0.3) is 11.2 Å². The predicted molar refractivity (Wildman–Crippen MR) is 142 cm³/mol. The molecule has 5 rings (SSSR count). The second kappa shape index (κ2) is 9.83. The molecule has 0 saturated heterocycles. The first-order valence-corrected chi connectivity index (χ1v) is 12.9. The number of alkyl halides is 1. The number of para-hydroxylation sites is 1. The van der Waals surface area contributed by atoms with Crippen molar-refractivity contribution >= 4 is 43.2 Å². The summed E-state index contributed by atoms with van der Waals surface area (Å²) in [6, 6.07) is 17.5. The lowest BCUT2D eigenvalue weighted by molar-refractivity contribution is -0.384. The van der Waals surface area contributed by atoms with Crippen LogP contribution in [0.15, 0.2) is 82.4 Å². The molecule has 0 amide bonds. The van der Waals surface area contributed by atoms with Crippen LogP contribution in [0.4, 0.5) is 14.5 Å². The number of halogens is 3. The normalized spacial score (nSPS) is 11.2. The summed E-state index contributed by atoms with van der Waals surface area (Å²) in [5, 5.41) is 11.5. The summed E-state index contributed by atoms with van der Waals surface area (Å²) < 4.78 is 31.4. The van der Waals surface area contributed by atoms with Gasteiger partial charge in [0.2, 0.25) is 0 Å². The van der Waals surface area contributed by atoms with E-state index in [9.17, 15) is 28.5 Å². The predicted octanol–water partition coefficient (Wildman–Crippen LogP) is 6.01. The number of rotatable bonds is 6. The molecule has 0 aliphatic carbocycles. The van der Waals surface area contributed by atoms with Crippen molar-refractivity contribution in [1.82, 2.24) is 9.13 Å². The van der Waals surface area contributed by atoms with E-state index in [-0.39, 0.29) is 26.8 Å². The fraction of sp³-hybridized carbons (Fsp3) is 0.0769. The lowest BCUT2D eigenvalue weighted by atomic mass is 10.1. The van der Waals surface area contributed by atoms with Crippen LogP contribution in [0.1, 0.15) is 11.1 Å². The molecular weight excluding hydrogens is 568 g/mol. The number of nitro benzene ring substituents is 1. The summed E-state index contributed by atoms with van der Waals surface area (Å²) in [4.78, 5) is 38.9. The van der Waals surface area contributed by atoms with E-state index in [1.165, 1.54) is 22.8 Å². The second-order valence-corrected chi connectivity index (χ2v) is 9.63. The minimum absolute atomic E-state index is 0.0939. The molecule has 0 aliphatic heterocycles. The quantitative estimate of drug-likeness (QED) is 0.139. The van der Waals surface area contributed by atoms with Crippen LogP contribution in [0.2, 0.25) is 0 Å². The van der Waals surface area contributed by atoms with Crippen LogP contribution in [0, 0.1) is 21.7 Å². The first-order chi connectivity index (χ1) is 17.8. The third-order valence-electron chi connectivity index (χ3n) is 5.94. The number of fused-ring (bicyclic) bond motifs is 1. The van der Waals surface area contributed by atoms with E-state index in [1.54, 1.807) is 42.5 Å². The van der Waals surface area contributed by atoms with E-state index in [1.807, 2.05) is 0 Å². The van der Waals surface area contributed by atoms with Crippen LogP contribution in [-0.2, 0) is 11.9 Å². The molecule has 11 heteroatoms. The Hall–Kier alpha value is -3.96. The summed E-state index contributed by atoms with van der Waals surface area (Å²) in [5.74, 6) is -1.63. The van der Waals surface area contributed by atoms with Crippen molar-refractivity contribution in [3.63, 3.8) is 0 Å². The van der Waals surface area contributed by atoms with Crippen molar-refractivity contribution in [2.24, 2.45) is 0 Å². The first-order valence-electron chi connectivity index (χ1n) is 10.9. The van der Waals surface area contributed by atoms with Crippen LogP contribution in [0.3, 0.4) is 0 Å². The highest BCUT2D eigenvalue weighted by Crippen LogP contribution is 2.39. The molecule has 0 spiro atoms. The number of non-ortho nitro benzene ring substituents is 1. The van der Waals surface area contributed by atoms with Gasteiger partial charge in [0.1, 0.15) is 16.5 Å². The van der Waals surface area contributed by atoms with Crippen LogP contribution in [0.25, 0.3) is 26.3 Å². The summed E-state index contributed by atoms with van der Waals surface area (Å²) >= 11 is 4.55. The molecule has 0 atom stereocenters. The Bertz CT molecular complexity index is 1760. The van der Waals surface area contributed by atoms with Gasteiger partial charge in [-0.25, -0.2) is 18.1 Å². The van der Waals surface area contributed by atoms with Gasteiger partial charge in [0.15, 0.2) is 0 Å². The molecule has 3 aromatic carbocycles. The number of benzene rings is 3. The largest absolute Gasteiger partial charge is 0.337 e. The summed E-state index contributed by atoms with van der Waals surface area (Å²) in [7, 11) is 0. The van der Waals surface area contributed by atoms with Gasteiger partial charge in [-0.3, -0.25) is 19.5 Å². The van der Waals surface area contributed by atoms with Gasteiger partial charge in [-0.2, -0.15) is 0 Å². The molecule has 2 heterocycles.